The third-order valence-corrected chi connectivity index (χ3v) is 6.32. The molecule has 0 aliphatic carbocycles. The fourth-order valence-electron chi connectivity index (χ4n) is 3.34. The Labute approximate surface area is 198 Å². The smallest absolute Gasteiger partial charge is 0.365 e. The lowest BCUT2D eigenvalue weighted by molar-refractivity contribution is -0.137. The van der Waals surface area contributed by atoms with E-state index in [-0.39, 0.29) is 36.3 Å². The number of anilines is 5. The topological polar surface area (TPSA) is 138 Å². The number of pyridine rings is 1. The minimum absolute atomic E-state index is 0.113. The van der Waals surface area contributed by atoms with Crippen molar-refractivity contribution in [3.63, 3.8) is 0 Å². The van der Waals surface area contributed by atoms with Gasteiger partial charge in [0.05, 0.1) is 35.4 Å². The number of hydrogen-bond donors (Lipinski definition) is 4. The molecule has 4 N–H and O–H groups in total. The van der Waals surface area contributed by atoms with E-state index < -0.39 is 27.6 Å². The van der Waals surface area contributed by atoms with Crippen molar-refractivity contribution in [2.45, 2.75) is 26.1 Å². The van der Waals surface area contributed by atoms with Crippen molar-refractivity contribution in [3.8, 4) is 0 Å². The first kappa shape index (κ1) is 24.2. The van der Waals surface area contributed by atoms with Crippen LogP contribution in [0.3, 0.4) is 0 Å². The molecular formula is C21H20F3N7O3S. The molecule has 3 aromatic rings. The van der Waals surface area contributed by atoms with Crippen molar-refractivity contribution in [2.24, 2.45) is 0 Å². The Kier molecular flexibility index (Phi) is 6.47. The minimum atomic E-state index is -4.72. The van der Waals surface area contributed by atoms with E-state index in [0.29, 0.717) is 23.1 Å². The molecule has 1 aromatic carbocycles. The Balaban J connectivity index is 1.57. The molecule has 0 saturated heterocycles. The number of alkyl halides is 3. The lowest BCUT2D eigenvalue weighted by Crippen LogP contribution is -2.16. The Morgan fingerprint density at radius 2 is 1.97 bits per heavy atom. The van der Waals surface area contributed by atoms with Crippen LogP contribution in [0.1, 0.15) is 23.6 Å². The summed E-state index contributed by atoms with van der Waals surface area (Å²) in [5.41, 5.74) is 1.24. The molecule has 4 rings (SSSR count). The molecule has 3 heterocycles. The number of sulfonamides is 1. The van der Waals surface area contributed by atoms with E-state index in [1.807, 2.05) is 0 Å². The zero-order valence-corrected chi connectivity index (χ0v) is 19.1. The molecular weight excluding hydrogens is 487 g/mol. The molecule has 35 heavy (non-hydrogen) atoms. The van der Waals surface area contributed by atoms with Crippen LogP contribution in [0.15, 0.2) is 42.9 Å². The number of nitrogens with zero attached hydrogens (tertiary/aromatic N) is 3. The van der Waals surface area contributed by atoms with Crippen molar-refractivity contribution in [1.82, 2.24) is 15.0 Å². The van der Waals surface area contributed by atoms with Crippen LogP contribution in [0.4, 0.5) is 42.0 Å². The fourth-order valence-corrected chi connectivity index (χ4v) is 3.95. The summed E-state index contributed by atoms with van der Waals surface area (Å²) in [7, 11) is -3.54. The molecule has 0 fully saturated rings. The predicted molar refractivity (Wildman–Crippen MR) is 124 cm³/mol. The monoisotopic (exact) mass is 507 g/mol. The van der Waals surface area contributed by atoms with E-state index in [1.54, 1.807) is 18.2 Å². The zero-order valence-electron chi connectivity index (χ0n) is 18.3. The highest BCUT2D eigenvalue weighted by molar-refractivity contribution is 7.92. The third-order valence-electron chi connectivity index (χ3n) is 5.02. The fraction of sp³-hybridized carbons (Fsp3) is 0.238. The van der Waals surface area contributed by atoms with Crippen LogP contribution < -0.4 is 20.7 Å². The van der Waals surface area contributed by atoms with Gasteiger partial charge in [-0.1, -0.05) is 12.1 Å². The standard InChI is InChI=1S/C21H20F3N7O3S/c1-2-35(33,34)31-14-6-12(8-25-10-14)9-26-19-15(21(22,23)24)11-27-20(30-19)28-16-5-3-4-13-7-17(32)29-18(13)16/h3-6,8,10-11,31H,2,7,9H2,1H3,(H,29,32)(H2,26,27,28,30). The van der Waals surface area contributed by atoms with Gasteiger partial charge in [-0.15, -0.1) is 0 Å². The highest BCUT2D eigenvalue weighted by Gasteiger charge is 2.35. The number of hydrogen-bond acceptors (Lipinski definition) is 8. The van der Waals surface area contributed by atoms with Gasteiger partial charge in [0.1, 0.15) is 11.4 Å². The largest absolute Gasteiger partial charge is 0.421 e. The average molecular weight is 507 g/mol. The predicted octanol–water partition coefficient (Wildman–Crippen LogP) is 3.50. The summed E-state index contributed by atoms with van der Waals surface area (Å²) in [4.78, 5) is 23.4. The van der Waals surface area contributed by atoms with Crippen molar-refractivity contribution in [2.75, 3.05) is 26.4 Å². The molecule has 0 atom stereocenters. The minimum Gasteiger partial charge on any atom is -0.365 e. The number of nitrogens with one attached hydrogen (secondary N) is 4. The molecule has 0 unspecified atom stereocenters. The van der Waals surface area contributed by atoms with E-state index in [9.17, 15) is 26.4 Å². The van der Waals surface area contributed by atoms with Gasteiger partial charge in [0, 0.05) is 18.9 Å². The molecule has 2 aromatic heterocycles. The molecule has 10 nitrogen and oxygen atoms in total. The summed E-state index contributed by atoms with van der Waals surface area (Å²) in [6.45, 7) is 1.35. The van der Waals surface area contributed by atoms with E-state index in [0.717, 1.165) is 5.56 Å². The lowest BCUT2D eigenvalue weighted by Gasteiger charge is -2.16. The molecule has 1 amide bonds. The van der Waals surface area contributed by atoms with Crippen LogP contribution >= 0.6 is 0 Å². The highest BCUT2D eigenvalue weighted by Crippen LogP contribution is 2.36. The van der Waals surface area contributed by atoms with Gasteiger partial charge in [-0.3, -0.25) is 14.5 Å². The van der Waals surface area contributed by atoms with Gasteiger partial charge in [-0.05, 0) is 30.2 Å². The van der Waals surface area contributed by atoms with Crippen LogP contribution in [0, 0.1) is 0 Å². The number of benzene rings is 1. The van der Waals surface area contributed by atoms with E-state index >= 15 is 0 Å². The first-order chi connectivity index (χ1) is 16.5. The molecule has 184 valence electrons. The van der Waals surface area contributed by atoms with E-state index in [4.69, 9.17) is 0 Å². The molecule has 0 spiro atoms. The number of carbonyl (C=O) groups is 1. The van der Waals surface area contributed by atoms with Crippen molar-refractivity contribution in [1.29, 1.82) is 0 Å². The Morgan fingerprint density at radius 1 is 1.17 bits per heavy atom. The Hall–Kier alpha value is -3.94. The number of fused-ring (bicyclic) bond motifs is 1. The quantitative estimate of drug-likeness (QED) is 0.364. The van der Waals surface area contributed by atoms with Crippen LogP contribution in [0.5, 0.6) is 0 Å². The van der Waals surface area contributed by atoms with Crippen LogP contribution in [0.2, 0.25) is 0 Å². The normalized spacial score (nSPS) is 13.2. The lowest BCUT2D eigenvalue weighted by atomic mass is 10.1. The van der Waals surface area contributed by atoms with Gasteiger partial charge < -0.3 is 16.0 Å². The maximum absolute atomic E-state index is 13.6. The van der Waals surface area contributed by atoms with Crippen LogP contribution in [-0.4, -0.2) is 35.0 Å². The third kappa shape index (κ3) is 5.77. The van der Waals surface area contributed by atoms with Crippen molar-refractivity contribution < 1.29 is 26.4 Å². The number of carbonyl (C=O) groups excluding carboxylic acids is 1. The molecule has 0 radical (unpaired) electrons. The van der Waals surface area contributed by atoms with Crippen LogP contribution in [0.25, 0.3) is 0 Å². The van der Waals surface area contributed by atoms with E-state index in [1.165, 1.54) is 25.4 Å². The second-order valence-corrected chi connectivity index (χ2v) is 9.60. The maximum Gasteiger partial charge on any atom is 0.421 e. The molecule has 0 bridgehead atoms. The highest BCUT2D eigenvalue weighted by atomic mass is 32.2. The van der Waals surface area contributed by atoms with Gasteiger partial charge >= 0.3 is 6.18 Å². The summed E-state index contributed by atoms with van der Waals surface area (Å²) in [5.74, 6) is -0.930. The first-order valence-electron chi connectivity index (χ1n) is 10.4. The van der Waals surface area contributed by atoms with Gasteiger partial charge in [-0.2, -0.15) is 18.2 Å². The van der Waals surface area contributed by atoms with E-state index in [2.05, 4.69) is 35.6 Å². The number of amides is 1. The van der Waals surface area contributed by atoms with Gasteiger partial charge in [0.2, 0.25) is 21.9 Å². The molecule has 1 aliphatic heterocycles. The number of halogens is 3. The number of para-hydroxylation sites is 1. The maximum atomic E-state index is 13.6. The summed E-state index contributed by atoms with van der Waals surface area (Å²) in [6.07, 6.45) is -1.18. The summed E-state index contributed by atoms with van der Waals surface area (Å²) >= 11 is 0. The van der Waals surface area contributed by atoms with Gasteiger partial charge in [0.25, 0.3) is 0 Å². The second kappa shape index (κ2) is 9.37. The Bertz CT molecular complexity index is 1380. The molecule has 14 heteroatoms. The van der Waals surface area contributed by atoms with Gasteiger partial charge in [-0.25, -0.2) is 13.4 Å². The summed E-state index contributed by atoms with van der Waals surface area (Å²) < 4.78 is 66.6. The summed E-state index contributed by atoms with van der Waals surface area (Å²) in [5, 5.41) is 8.18. The Morgan fingerprint density at radius 3 is 2.71 bits per heavy atom. The summed E-state index contributed by atoms with van der Waals surface area (Å²) in [6, 6.07) is 6.57. The first-order valence-corrected chi connectivity index (χ1v) is 12.0. The van der Waals surface area contributed by atoms with Gasteiger partial charge in [0.15, 0.2) is 0 Å². The second-order valence-electron chi connectivity index (χ2n) is 7.58. The van der Waals surface area contributed by atoms with Crippen LogP contribution in [-0.2, 0) is 34.0 Å². The number of rotatable bonds is 8. The SMILES string of the molecule is CCS(=O)(=O)Nc1cncc(CNc2nc(Nc3cccc4c3NC(=O)C4)ncc2C(F)(F)F)c1. The average Bonchev–Trinajstić information content (AvgIpc) is 3.18. The molecule has 0 saturated carbocycles. The molecule has 1 aliphatic rings. The number of aromatic nitrogens is 3. The van der Waals surface area contributed by atoms with Crippen molar-refractivity contribution in [3.05, 3.63) is 59.5 Å². The zero-order chi connectivity index (χ0) is 25.2. The van der Waals surface area contributed by atoms with Crippen molar-refractivity contribution >= 4 is 44.8 Å².